The summed E-state index contributed by atoms with van der Waals surface area (Å²) in [5.74, 6) is -0.361. The Morgan fingerprint density at radius 1 is 1.30 bits per heavy atom. The Balaban J connectivity index is 2.33. The fraction of sp³-hybridized carbons (Fsp3) is 0.312. The van der Waals surface area contributed by atoms with Crippen LogP contribution in [0.15, 0.2) is 36.5 Å². The third kappa shape index (κ3) is 3.17. The summed E-state index contributed by atoms with van der Waals surface area (Å²) in [7, 11) is 0. The molecule has 0 saturated carbocycles. The van der Waals surface area contributed by atoms with Crippen LogP contribution in [0.25, 0.3) is 0 Å². The molecule has 2 nitrogen and oxygen atoms in total. The summed E-state index contributed by atoms with van der Waals surface area (Å²) >= 11 is 6.27. The van der Waals surface area contributed by atoms with Crippen molar-refractivity contribution < 1.29 is 4.39 Å². The van der Waals surface area contributed by atoms with E-state index in [1.807, 2.05) is 32.0 Å². The molecule has 0 aliphatic rings. The van der Waals surface area contributed by atoms with Crippen molar-refractivity contribution in [2.24, 2.45) is 5.73 Å². The van der Waals surface area contributed by atoms with Crippen LogP contribution in [0.4, 0.5) is 4.39 Å². The number of hydrogen-bond donors (Lipinski definition) is 1. The minimum absolute atomic E-state index is 0.361. The van der Waals surface area contributed by atoms with E-state index in [4.69, 9.17) is 17.3 Å². The molecule has 0 radical (unpaired) electrons. The lowest BCUT2D eigenvalue weighted by atomic mass is 9.85. The Morgan fingerprint density at radius 2 is 2.05 bits per heavy atom. The normalized spacial score (nSPS) is 14.1. The molecule has 0 aliphatic carbocycles. The molecule has 2 N–H and O–H groups in total. The third-order valence-corrected chi connectivity index (χ3v) is 3.93. The van der Waals surface area contributed by atoms with Gasteiger partial charge < -0.3 is 5.73 Å². The first-order valence-corrected chi connectivity index (χ1v) is 6.98. The summed E-state index contributed by atoms with van der Waals surface area (Å²) in [5.41, 5.74) is 8.59. The molecule has 1 heterocycles. The van der Waals surface area contributed by atoms with E-state index in [-0.39, 0.29) is 5.82 Å². The molecular weight excluding hydrogens is 275 g/mol. The Hall–Kier alpha value is -1.45. The number of rotatable bonds is 4. The van der Waals surface area contributed by atoms with Gasteiger partial charge in [0.25, 0.3) is 0 Å². The molecule has 2 rings (SSSR count). The summed E-state index contributed by atoms with van der Waals surface area (Å²) in [6.07, 6.45) is 2.46. The maximum absolute atomic E-state index is 13.0. The first-order chi connectivity index (χ1) is 9.44. The number of nitrogens with two attached hydrogens (primary N) is 1. The molecule has 0 spiro atoms. The molecule has 20 heavy (non-hydrogen) atoms. The van der Waals surface area contributed by atoms with Gasteiger partial charge in [0.1, 0.15) is 5.82 Å². The van der Waals surface area contributed by atoms with Crippen LogP contribution in [0, 0.1) is 12.7 Å². The Bertz CT molecular complexity index is 598. The van der Waals surface area contributed by atoms with Gasteiger partial charge >= 0.3 is 0 Å². The van der Waals surface area contributed by atoms with Crippen LogP contribution < -0.4 is 5.73 Å². The molecule has 1 atom stereocenters. The molecule has 4 heteroatoms. The fourth-order valence-electron chi connectivity index (χ4n) is 2.20. The number of pyridine rings is 1. The lowest BCUT2D eigenvalue weighted by molar-refractivity contribution is 0.410. The van der Waals surface area contributed by atoms with Gasteiger partial charge in [0.2, 0.25) is 0 Å². The van der Waals surface area contributed by atoms with Crippen LogP contribution in [0.5, 0.6) is 0 Å². The van der Waals surface area contributed by atoms with E-state index < -0.39 is 5.54 Å². The average molecular weight is 293 g/mol. The molecule has 1 unspecified atom stereocenters. The minimum Gasteiger partial charge on any atom is -0.320 e. The van der Waals surface area contributed by atoms with Gasteiger partial charge in [-0.15, -0.1) is 0 Å². The van der Waals surface area contributed by atoms with Crippen LogP contribution >= 0.6 is 11.6 Å². The van der Waals surface area contributed by atoms with Crippen molar-refractivity contribution in [1.29, 1.82) is 0 Å². The molecular formula is C16H18ClFN2. The molecule has 1 aromatic heterocycles. The molecule has 0 fully saturated rings. The van der Waals surface area contributed by atoms with Crippen LogP contribution in [-0.4, -0.2) is 4.98 Å². The van der Waals surface area contributed by atoms with Crippen LogP contribution in [0.3, 0.4) is 0 Å². The number of nitrogens with zero attached hydrogens (tertiary/aromatic N) is 1. The zero-order valence-corrected chi connectivity index (χ0v) is 12.4. The van der Waals surface area contributed by atoms with Crippen LogP contribution in [0.1, 0.15) is 30.2 Å². The Morgan fingerprint density at radius 3 is 2.60 bits per heavy atom. The van der Waals surface area contributed by atoms with Crippen molar-refractivity contribution in [2.75, 3.05) is 0 Å². The largest absolute Gasteiger partial charge is 0.320 e. The van der Waals surface area contributed by atoms with Crippen LogP contribution in [-0.2, 0) is 12.0 Å². The maximum atomic E-state index is 13.0. The summed E-state index contributed by atoms with van der Waals surface area (Å²) in [4.78, 5) is 4.12. The second kappa shape index (κ2) is 5.90. The minimum atomic E-state index is -0.646. The zero-order chi connectivity index (χ0) is 14.8. The van der Waals surface area contributed by atoms with Crippen molar-refractivity contribution in [3.63, 3.8) is 0 Å². The SMILES string of the molecule is CCC(N)(Cc1ccc(C)cc1Cl)c1ccc(F)cn1. The van der Waals surface area contributed by atoms with E-state index in [1.54, 1.807) is 6.07 Å². The number of halogens is 2. The molecule has 0 bridgehead atoms. The van der Waals surface area contributed by atoms with Crippen LogP contribution in [0.2, 0.25) is 5.02 Å². The van der Waals surface area contributed by atoms with E-state index in [1.165, 1.54) is 12.3 Å². The summed E-state index contributed by atoms with van der Waals surface area (Å²) < 4.78 is 13.0. The lowest BCUT2D eigenvalue weighted by Crippen LogP contribution is -2.39. The topological polar surface area (TPSA) is 38.9 Å². The first kappa shape index (κ1) is 14.9. The summed E-state index contributed by atoms with van der Waals surface area (Å²) in [6.45, 7) is 3.99. The highest BCUT2D eigenvalue weighted by molar-refractivity contribution is 6.31. The highest BCUT2D eigenvalue weighted by Crippen LogP contribution is 2.29. The van der Waals surface area contributed by atoms with Crippen molar-refractivity contribution in [3.8, 4) is 0 Å². The number of aryl methyl sites for hydroxylation is 1. The van der Waals surface area contributed by atoms with E-state index >= 15 is 0 Å². The molecule has 1 aromatic carbocycles. The highest BCUT2D eigenvalue weighted by atomic mass is 35.5. The number of benzene rings is 1. The van der Waals surface area contributed by atoms with E-state index in [9.17, 15) is 4.39 Å². The van der Waals surface area contributed by atoms with Crippen molar-refractivity contribution in [2.45, 2.75) is 32.2 Å². The monoisotopic (exact) mass is 292 g/mol. The van der Waals surface area contributed by atoms with Crippen molar-refractivity contribution in [3.05, 3.63) is 64.2 Å². The van der Waals surface area contributed by atoms with Gasteiger partial charge in [-0.2, -0.15) is 0 Å². The fourth-order valence-corrected chi connectivity index (χ4v) is 2.50. The lowest BCUT2D eigenvalue weighted by Gasteiger charge is -2.28. The maximum Gasteiger partial charge on any atom is 0.141 e. The standard InChI is InChI=1S/C16H18ClFN2/c1-3-16(19,15-7-6-13(18)10-20-15)9-12-5-4-11(2)8-14(12)17/h4-8,10H,3,9,19H2,1-2H3. The predicted octanol–water partition coefficient (Wildman–Crippen LogP) is 3.99. The predicted molar refractivity (Wildman–Crippen MR) is 80.2 cm³/mol. The second-order valence-corrected chi connectivity index (χ2v) is 5.55. The van der Waals surface area contributed by atoms with E-state index in [0.29, 0.717) is 23.6 Å². The van der Waals surface area contributed by atoms with Gasteiger partial charge in [-0.3, -0.25) is 4.98 Å². The quantitative estimate of drug-likeness (QED) is 0.925. The third-order valence-electron chi connectivity index (χ3n) is 3.58. The van der Waals surface area contributed by atoms with Gasteiger partial charge in [0.15, 0.2) is 0 Å². The Labute approximate surface area is 123 Å². The average Bonchev–Trinajstić information content (AvgIpc) is 2.42. The number of hydrogen-bond acceptors (Lipinski definition) is 2. The molecule has 0 amide bonds. The Kier molecular flexibility index (Phi) is 4.41. The first-order valence-electron chi connectivity index (χ1n) is 6.60. The highest BCUT2D eigenvalue weighted by Gasteiger charge is 2.28. The van der Waals surface area contributed by atoms with Gasteiger partial charge in [0, 0.05) is 5.02 Å². The smallest absolute Gasteiger partial charge is 0.141 e. The summed E-state index contributed by atoms with van der Waals surface area (Å²) in [5, 5.41) is 0.704. The van der Waals surface area contributed by atoms with Gasteiger partial charge in [-0.1, -0.05) is 30.7 Å². The van der Waals surface area contributed by atoms with Gasteiger partial charge in [-0.05, 0) is 49.1 Å². The zero-order valence-electron chi connectivity index (χ0n) is 11.7. The number of aromatic nitrogens is 1. The molecule has 0 aliphatic heterocycles. The summed E-state index contributed by atoms with van der Waals surface area (Å²) in [6, 6.07) is 8.94. The van der Waals surface area contributed by atoms with Gasteiger partial charge in [0.05, 0.1) is 17.4 Å². The van der Waals surface area contributed by atoms with Crippen molar-refractivity contribution >= 4 is 11.6 Å². The molecule has 106 valence electrons. The van der Waals surface area contributed by atoms with Gasteiger partial charge in [-0.25, -0.2) is 4.39 Å². The molecule has 0 saturated heterocycles. The van der Waals surface area contributed by atoms with E-state index in [2.05, 4.69) is 4.98 Å². The van der Waals surface area contributed by atoms with Crippen molar-refractivity contribution in [1.82, 2.24) is 4.98 Å². The molecule has 2 aromatic rings. The van der Waals surface area contributed by atoms with E-state index in [0.717, 1.165) is 11.1 Å². The second-order valence-electron chi connectivity index (χ2n) is 5.14.